The van der Waals surface area contributed by atoms with Gasteiger partial charge in [-0.3, -0.25) is 10.5 Å². The Morgan fingerprint density at radius 2 is 0.815 bits per heavy atom. The summed E-state index contributed by atoms with van der Waals surface area (Å²) in [5.74, 6) is 10.5. The number of methoxy groups -OCH3 is 6. The first kappa shape index (κ1) is 129. The number of benzene rings is 6. The minimum Gasteiger partial charge on any atom is -1.00 e. The molecule has 6 aromatic rings. The van der Waals surface area contributed by atoms with Gasteiger partial charge in [0.2, 0.25) is 0 Å². The summed E-state index contributed by atoms with van der Waals surface area (Å²) in [5, 5.41) is 32.6. The van der Waals surface area contributed by atoms with Gasteiger partial charge in [0, 0.05) is 48.9 Å². The van der Waals surface area contributed by atoms with Crippen LogP contribution in [0.4, 0.5) is 9.59 Å². The minimum absolute atomic E-state index is 0. The third-order valence-corrected chi connectivity index (χ3v) is 44.3. The number of fused-ring (bicyclic) bond motifs is 3. The molecule has 2 aliphatic carbocycles. The van der Waals surface area contributed by atoms with Crippen LogP contribution >= 0.6 is 99.0 Å². The number of alkyl halides is 1. The number of aromatic hydroxyl groups is 2. The van der Waals surface area contributed by atoms with Crippen LogP contribution in [0.2, 0.25) is 0 Å². The largest absolute Gasteiger partial charge is 2.00 e. The van der Waals surface area contributed by atoms with Crippen LogP contribution < -0.4 is 105 Å². The van der Waals surface area contributed by atoms with Gasteiger partial charge in [0.25, 0.3) is 0 Å². The molecule has 6 aromatic carbocycles. The Hall–Kier alpha value is -3.39. The third kappa shape index (κ3) is 35.8. The summed E-state index contributed by atoms with van der Waals surface area (Å²) in [4.78, 5) is 23.4. The fraction of sp³-hybridized carbons (Fsp3) is 0.585. The number of hydrogen-bond donors (Lipinski definition) is 4. The summed E-state index contributed by atoms with van der Waals surface area (Å²) in [6.45, 7) is 51.4. The zero-order valence-corrected chi connectivity index (χ0v) is 94.9. The predicted octanol–water partition coefficient (Wildman–Crippen LogP) is 20.9. The molecule has 0 spiro atoms. The van der Waals surface area contributed by atoms with Gasteiger partial charge in [-0.25, -0.2) is 9.59 Å². The normalized spacial score (nSPS) is 21.1. The van der Waals surface area contributed by atoms with E-state index in [-0.39, 0.29) is 118 Å². The molecule has 0 bridgehead atoms. The van der Waals surface area contributed by atoms with Gasteiger partial charge >= 0.3 is 53.5 Å². The van der Waals surface area contributed by atoms with Gasteiger partial charge in [0.1, 0.15) is 108 Å². The Bertz CT molecular complexity index is 4540. The van der Waals surface area contributed by atoms with Crippen molar-refractivity contribution in [3.05, 3.63) is 121 Å². The maximum atomic E-state index is 13.7. The summed E-state index contributed by atoms with van der Waals surface area (Å²) in [6, 6.07) is 34.6. The van der Waals surface area contributed by atoms with Crippen molar-refractivity contribution in [1.29, 1.82) is 0 Å². The Morgan fingerprint density at radius 3 is 1.11 bits per heavy atom. The van der Waals surface area contributed by atoms with Crippen LogP contribution in [0.1, 0.15) is 205 Å². The van der Waals surface area contributed by atoms with Crippen molar-refractivity contribution in [1.82, 2.24) is 0 Å². The molecule has 0 amide bonds. The average molecular weight is 2130 g/mol. The number of rotatable bonds is 14. The smallest absolute Gasteiger partial charge is 1.00 e. The maximum Gasteiger partial charge on any atom is 2.00 e. The SMILES string of the molecule is CC(C)(C)P1(=O)COc2cccc(O)c21.CC(C)(C)[P@]1(=O)COc2cccc(O)c21.CC(C)[C@H]1CC[C@H](C)C[C@@H]1OC(=O)Cl.CC(C)[C@H]1CC[C@H](C)C[C@@H]1OC(=O)Oc1cccc2c1[P@](=O)(C(C)(C)C)CO2.COc1[c-]c(OC)ccc1.COc1cccc(OC)c1P(=O)(CI)C(C)(C)C.COc1cccc(OC)c1P(C)(=O)C(C)(C)C.CP(Cl)Cl.C[C-](C)C.OO.[Cl-].[Li+].[Mg+2]. The first-order chi connectivity index (χ1) is 58.6. The second kappa shape index (κ2) is 57.2. The number of carbonyl (C=O) groups excluding carboxylic acids is 2. The molecule has 3 aliphatic heterocycles. The van der Waals surface area contributed by atoms with E-state index < -0.39 is 59.1 Å². The van der Waals surface area contributed by atoms with Crippen LogP contribution in [-0.2, 0) is 32.3 Å². The first-order valence-electron chi connectivity index (χ1n) is 42.1. The zero-order chi connectivity index (χ0) is 97.7. The van der Waals surface area contributed by atoms with Crippen molar-refractivity contribution in [2.75, 3.05) is 79.2 Å². The minimum atomic E-state index is -2.87. The molecule has 3 heterocycles. The zero-order valence-electron chi connectivity index (χ0n) is 82.9. The van der Waals surface area contributed by atoms with Gasteiger partial charge < -0.3 is 108 Å². The summed E-state index contributed by atoms with van der Waals surface area (Å²) in [5.41, 5.74) is -0.658. The van der Waals surface area contributed by atoms with E-state index in [4.69, 9.17) is 101 Å². The number of halogens is 5. The van der Waals surface area contributed by atoms with E-state index >= 15 is 0 Å². The monoisotopic (exact) mass is 2130 g/mol. The number of phenolic OH excluding ortho intramolecular Hbond substituents is 2. The van der Waals surface area contributed by atoms with Crippen molar-refractivity contribution in [3.8, 4) is 69.0 Å². The van der Waals surface area contributed by atoms with Crippen molar-refractivity contribution < 1.29 is 141 Å². The van der Waals surface area contributed by atoms with E-state index in [0.717, 1.165) is 37.4 Å². The molecule has 3 unspecified atom stereocenters. The molecule has 2 fully saturated rings. The second-order valence-corrected chi connectivity index (χ2v) is 62.2. The fourth-order valence-electron chi connectivity index (χ4n) is 14.2. The van der Waals surface area contributed by atoms with Crippen LogP contribution in [-0.4, -0.2) is 173 Å². The van der Waals surface area contributed by atoms with Crippen LogP contribution in [0.5, 0.6) is 69.0 Å². The Kier molecular flexibility index (Phi) is 56.6. The Balaban J connectivity index is 0. The van der Waals surface area contributed by atoms with E-state index in [0.29, 0.717) is 118 Å². The first-order valence-corrected chi connectivity index (χ1v) is 57.4. The van der Waals surface area contributed by atoms with Crippen LogP contribution in [0.15, 0.2) is 109 Å². The summed E-state index contributed by atoms with van der Waals surface area (Å²) >= 11 is 17.7. The number of ether oxygens (including phenoxy) is 12. The molecule has 11 rings (SSSR count). The predicted molar refractivity (Wildman–Crippen MR) is 542 cm³/mol. The van der Waals surface area contributed by atoms with Crippen LogP contribution in [0, 0.1) is 47.5 Å². The van der Waals surface area contributed by atoms with E-state index in [1.807, 2.05) is 158 Å². The van der Waals surface area contributed by atoms with E-state index in [1.165, 1.54) is 12.3 Å². The number of phenols is 2. The Labute approximate surface area is 841 Å². The van der Waals surface area contributed by atoms with Crippen LogP contribution in [0.3, 0.4) is 0 Å². The number of carbonyl (C=O) groups is 2. The molecule has 728 valence electrons. The third-order valence-electron chi connectivity index (χ3n) is 22.4. The van der Waals surface area contributed by atoms with Gasteiger partial charge in [-0.2, -0.15) is 26.8 Å². The summed E-state index contributed by atoms with van der Waals surface area (Å²) in [6.07, 6.45) is 6.13. The molecule has 23 nitrogen and oxygen atoms in total. The van der Waals surface area contributed by atoms with Crippen molar-refractivity contribution in [2.24, 2.45) is 35.5 Å². The molecular formula is C94H146Cl4ILiMgO23P6. The van der Waals surface area contributed by atoms with Gasteiger partial charge in [-0.1, -0.05) is 240 Å². The molecule has 0 aromatic heterocycles. The molecule has 11 atom stereocenters. The maximum absolute atomic E-state index is 13.7. The van der Waals surface area contributed by atoms with E-state index in [9.17, 15) is 42.6 Å². The van der Waals surface area contributed by atoms with E-state index in [2.05, 4.69) is 91.0 Å². The molecule has 4 N–H and O–H groups in total. The standard InChI is InChI=1S/C22H33O5P.C13H20IO3P.C13H21O3P.C11H19ClO2.2C11H15O3P.C8H9O2.C4H9.CH3Cl2P.ClH.Li.Mg.H2O2/c1-14(2)16-11-10-15(3)12-19(16)27-21(23)26-18-9-7-8-17-20(18)28(24,13-25-17)22(4,5)6;1-13(2,3)18(15,9-14)12-10(16-4)7-6-8-11(12)17-5;1-13(2,3)17(6,14)12-10(15-4)8-7-9-11(12)16-5;1-7(2)9-5-4-8(3)6-10(9)14-11(12)13;2*1-11(2,3)15(13)7-14-9-6-4-5-8(12)10(9)15;1-9-7-4-3-5-8(6-7)10-2;2*1-4(2)3;;;;1-2/h7-9,14-16,19H,10-13H2,1-6H3;6-8H,9H2,1-5H3;7-9H,1-6H3;7-10H,4-6H2,1-3H3;2*4-6,12H,7H2,1-3H3;3-5H,1-2H3;1-3H3;1H3;1H;;;1-2H/q;;;;;;2*-1;;;+1;+2;/p-1/t15-,16+,19-,28-;;;8-,9+,10-;15-;;;;;;;;/m0..00......../s1. The molecule has 5 aliphatic rings. The Morgan fingerprint density at radius 1 is 0.523 bits per heavy atom. The molecule has 36 heteroatoms. The summed E-state index contributed by atoms with van der Waals surface area (Å²) < 4.78 is 130. The average Bonchev–Trinajstić information content (AvgIpc) is 1.60. The molecule has 0 saturated heterocycles. The van der Waals surface area contributed by atoms with Gasteiger partial charge in [-0.15, -0.1) is 12.1 Å². The van der Waals surface area contributed by atoms with Gasteiger partial charge in [0.05, 0.1) is 74.7 Å². The molecule has 130 heavy (non-hydrogen) atoms. The van der Waals surface area contributed by atoms with Crippen LogP contribution in [0.25, 0.3) is 0 Å². The van der Waals surface area contributed by atoms with Gasteiger partial charge in [-0.05, 0) is 135 Å². The second-order valence-electron chi connectivity index (χ2n) is 37.8. The van der Waals surface area contributed by atoms with E-state index in [1.54, 1.807) is 111 Å². The van der Waals surface area contributed by atoms with Crippen molar-refractivity contribution in [2.45, 2.75) is 243 Å². The van der Waals surface area contributed by atoms with Gasteiger partial charge in [0.15, 0.2) is 21.4 Å². The summed E-state index contributed by atoms with van der Waals surface area (Å²) in [7, 11) is -3.81. The molecule has 0 radical (unpaired) electrons. The molecular weight excluding hydrogens is 1980 g/mol. The number of hydrogen-bond acceptors (Lipinski definition) is 23. The quantitative estimate of drug-likeness (QED) is 0.00752. The fourth-order valence-corrected chi connectivity index (χ4v) is 29.8. The molecule has 2 saturated carbocycles. The van der Waals surface area contributed by atoms with Crippen molar-refractivity contribution in [3.63, 3.8) is 0 Å². The van der Waals surface area contributed by atoms with Crippen molar-refractivity contribution >= 4 is 160 Å². The topological polar surface area (TPSA) is 311 Å².